The van der Waals surface area contributed by atoms with Crippen LogP contribution in [0.15, 0.2) is 18.2 Å². The summed E-state index contributed by atoms with van der Waals surface area (Å²) in [5.74, 6) is -0.0921. The van der Waals surface area contributed by atoms with E-state index >= 15 is 0 Å². The van der Waals surface area contributed by atoms with Gasteiger partial charge in [0, 0.05) is 18.5 Å². The molecule has 0 spiro atoms. The number of nitrogens with zero attached hydrogens (tertiary/aromatic N) is 1. The quantitative estimate of drug-likeness (QED) is 0.841. The molecule has 84 valence electrons. The topological polar surface area (TPSA) is 52.9 Å². The lowest BCUT2D eigenvalue weighted by Gasteiger charge is -2.12. The minimum absolute atomic E-state index is 0.0921. The summed E-state index contributed by atoms with van der Waals surface area (Å²) in [6.07, 6.45) is 1.41. The van der Waals surface area contributed by atoms with Gasteiger partial charge in [0.25, 0.3) is 0 Å². The highest BCUT2D eigenvalue weighted by atomic mass is 16.1. The molecule has 0 atom stereocenters. The van der Waals surface area contributed by atoms with Gasteiger partial charge in [-0.2, -0.15) is 5.26 Å². The van der Waals surface area contributed by atoms with Crippen molar-refractivity contribution in [2.45, 2.75) is 33.1 Å². The molecular formula is C13H16N2O. The first-order valence-corrected chi connectivity index (χ1v) is 5.44. The Balaban J connectivity index is 2.80. The van der Waals surface area contributed by atoms with Crippen LogP contribution in [0.3, 0.4) is 0 Å². The molecule has 0 saturated carbocycles. The number of hydrogen-bond acceptors (Lipinski definition) is 2. The van der Waals surface area contributed by atoms with Crippen molar-refractivity contribution in [2.75, 3.05) is 5.32 Å². The Morgan fingerprint density at radius 2 is 2.25 bits per heavy atom. The lowest BCUT2D eigenvalue weighted by molar-refractivity contribution is -0.116. The van der Waals surface area contributed by atoms with Gasteiger partial charge in [-0.05, 0) is 24.5 Å². The maximum Gasteiger partial charge on any atom is 0.225 e. The van der Waals surface area contributed by atoms with Gasteiger partial charge in [0.1, 0.15) is 0 Å². The Morgan fingerprint density at radius 1 is 1.50 bits per heavy atom. The van der Waals surface area contributed by atoms with E-state index in [1.54, 1.807) is 0 Å². The first kappa shape index (κ1) is 12.3. The van der Waals surface area contributed by atoms with Crippen LogP contribution in [0.4, 0.5) is 5.69 Å². The van der Waals surface area contributed by atoms with Gasteiger partial charge in [-0.15, -0.1) is 0 Å². The SMILES string of the molecule is CCc1cccc(C)c1NC(=O)CCC#N. The number of anilines is 1. The van der Waals surface area contributed by atoms with Gasteiger partial charge >= 0.3 is 0 Å². The molecule has 0 aliphatic carbocycles. The van der Waals surface area contributed by atoms with E-state index in [1.807, 2.05) is 31.2 Å². The smallest absolute Gasteiger partial charge is 0.225 e. The third-order valence-electron chi connectivity index (χ3n) is 2.47. The van der Waals surface area contributed by atoms with Gasteiger partial charge in [0.05, 0.1) is 6.07 Å². The van der Waals surface area contributed by atoms with E-state index in [9.17, 15) is 4.79 Å². The number of carbonyl (C=O) groups is 1. The van der Waals surface area contributed by atoms with Gasteiger partial charge in [0.2, 0.25) is 5.91 Å². The zero-order valence-electron chi connectivity index (χ0n) is 9.71. The van der Waals surface area contributed by atoms with Gasteiger partial charge in [-0.25, -0.2) is 0 Å². The maximum absolute atomic E-state index is 11.5. The number of hydrogen-bond donors (Lipinski definition) is 1. The van der Waals surface area contributed by atoms with Crippen molar-refractivity contribution in [1.29, 1.82) is 5.26 Å². The third kappa shape index (κ3) is 3.09. The molecular weight excluding hydrogens is 200 g/mol. The van der Waals surface area contributed by atoms with Crippen molar-refractivity contribution in [3.8, 4) is 6.07 Å². The number of benzene rings is 1. The van der Waals surface area contributed by atoms with Gasteiger partial charge < -0.3 is 5.32 Å². The van der Waals surface area contributed by atoms with E-state index in [1.165, 1.54) is 0 Å². The Hall–Kier alpha value is -1.82. The summed E-state index contributed by atoms with van der Waals surface area (Å²) < 4.78 is 0. The molecule has 0 heterocycles. The molecule has 0 radical (unpaired) electrons. The fraction of sp³-hybridized carbons (Fsp3) is 0.385. The summed E-state index contributed by atoms with van der Waals surface area (Å²) in [4.78, 5) is 11.5. The Labute approximate surface area is 96.1 Å². The summed E-state index contributed by atoms with van der Waals surface area (Å²) in [7, 11) is 0. The highest BCUT2D eigenvalue weighted by molar-refractivity contribution is 5.92. The van der Waals surface area contributed by atoms with Crippen LogP contribution in [0, 0.1) is 18.3 Å². The van der Waals surface area contributed by atoms with E-state index in [4.69, 9.17) is 5.26 Å². The van der Waals surface area contributed by atoms with Gasteiger partial charge in [0.15, 0.2) is 0 Å². The van der Waals surface area contributed by atoms with Crippen molar-refractivity contribution >= 4 is 11.6 Å². The molecule has 0 fully saturated rings. The zero-order valence-corrected chi connectivity index (χ0v) is 9.71. The van der Waals surface area contributed by atoms with Crippen LogP contribution >= 0.6 is 0 Å². The second kappa shape index (κ2) is 5.92. The summed E-state index contributed by atoms with van der Waals surface area (Å²) >= 11 is 0. The fourth-order valence-corrected chi connectivity index (χ4v) is 1.57. The minimum Gasteiger partial charge on any atom is -0.326 e. The fourth-order valence-electron chi connectivity index (χ4n) is 1.57. The predicted octanol–water partition coefficient (Wildman–Crippen LogP) is 2.80. The Bertz CT molecular complexity index is 418. The average molecular weight is 216 g/mol. The van der Waals surface area contributed by atoms with E-state index in [0.717, 1.165) is 23.2 Å². The van der Waals surface area contributed by atoms with Crippen molar-refractivity contribution in [2.24, 2.45) is 0 Å². The number of amides is 1. The number of aryl methyl sites for hydroxylation is 2. The molecule has 3 nitrogen and oxygen atoms in total. The van der Waals surface area contributed by atoms with E-state index in [2.05, 4.69) is 12.2 Å². The summed E-state index contributed by atoms with van der Waals surface area (Å²) in [5, 5.41) is 11.3. The molecule has 0 aromatic heterocycles. The Kier molecular flexibility index (Phi) is 4.53. The van der Waals surface area contributed by atoms with E-state index in [-0.39, 0.29) is 18.7 Å². The third-order valence-corrected chi connectivity index (χ3v) is 2.47. The molecule has 0 bridgehead atoms. The molecule has 0 unspecified atom stereocenters. The van der Waals surface area contributed by atoms with Crippen LogP contribution in [0.1, 0.15) is 30.9 Å². The van der Waals surface area contributed by atoms with Crippen molar-refractivity contribution in [1.82, 2.24) is 0 Å². The maximum atomic E-state index is 11.5. The number of para-hydroxylation sites is 1. The molecule has 0 aliphatic heterocycles. The predicted molar refractivity (Wildman–Crippen MR) is 64.0 cm³/mol. The first-order chi connectivity index (χ1) is 7.69. The highest BCUT2D eigenvalue weighted by Gasteiger charge is 2.07. The van der Waals surface area contributed by atoms with Crippen molar-refractivity contribution < 1.29 is 4.79 Å². The summed E-state index contributed by atoms with van der Waals surface area (Å²) in [6.45, 7) is 4.03. The van der Waals surface area contributed by atoms with Gasteiger partial charge in [-0.1, -0.05) is 25.1 Å². The number of rotatable bonds is 4. The van der Waals surface area contributed by atoms with E-state index < -0.39 is 0 Å². The lowest BCUT2D eigenvalue weighted by Crippen LogP contribution is -2.13. The largest absolute Gasteiger partial charge is 0.326 e. The van der Waals surface area contributed by atoms with Gasteiger partial charge in [-0.3, -0.25) is 4.79 Å². The molecule has 1 rings (SSSR count). The van der Waals surface area contributed by atoms with Crippen LogP contribution in [0.5, 0.6) is 0 Å². The first-order valence-electron chi connectivity index (χ1n) is 5.44. The summed E-state index contributed by atoms with van der Waals surface area (Å²) in [6, 6.07) is 7.93. The van der Waals surface area contributed by atoms with Crippen LogP contribution in [0.25, 0.3) is 0 Å². The average Bonchev–Trinajstić information content (AvgIpc) is 2.29. The monoisotopic (exact) mass is 216 g/mol. The molecule has 1 aromatic carbocycles. The summed E-state index contributed by atoms with van der Waals surface area (Å²) in [5.41, 5.74) is 3.09. The van der Waals surface area contributed by atoms with E-state index in [0.29, 0.717) is 0 Å². The van der Waals surface area contributed by atoms with Crippen LogP contribution in [-0.4, -0.2) is 5.91 Å². The second-order valence-electron chi connectivity index (χ2n) is 3.67. The lowest BCUT2D eigenvalue weighted by atomic mass is 10.1. The number of nitrogens with one attached hydrogen (secondary N) is 1. The highest BCUT2D eigenvalue weighted by Crippen LogP contribution is 2.21. The standard InChI is InChI=1S/C13H16N2O/c1-3-11-7-4-6-10(2)13(11)15-12(16)8-5-9-14/h4,6-7H,3,5,8H2,1-2H3,(H,15,16). The molecule has 3 heteroatoms. The van der Waals surface area contributed by atoms with Crippen LogP contribution in [-0.2, 0) is 11.2 Å². The number of nitriles is 1. The van der Waals surface area contributed by atoms with Crippen LogP contribution in [0.2, 0.25) is 0 Å². The Morgan fingerprint density at radius 3 is 2.88 bits per heavy atom. The second-order valence-corrected chi connectivity index (χ2v) is 3.67. The molecule has 0 aliphatic rings. The molecule has 1 amide bonds. The minimum atomic E-state index is -0.0921. The molecule has 0 saturated heterocycles. The molecule has 1 N–H and O–H groups in total. The van der Waals surface area contributed by atoms with Crippen molar-refractivity contribution in [3.05, 3.63) is 29.3 Å². The zero-order chi connectivity index (χ0) is 12.0. The number of carbonyl (C=O) groups excluding carboxylic acids is 1. The molecule has 1 aromatic rings. The van der Waals surface area contributed by atoms with Crippen LogP contribution < -0.4 is 5.32 Å². The van der Waals surface area contributed by atoms with Crippen molar-refractivity contribution in [3.63, 3.8) is 0 Å². The normalized spacial score (nSPS) is 9.56. The molecule has 16 heavy (non-hydrogen) atoms.